The lowest BCUT2D eigenvalue weighted by molar-refractivity contribution is 0.0950. The van der Waals surface area contributed by atoms with Gasteiger partial charge in [0.15, 0.2) is 5.82 Å². The highest BCUT2D eigenvalue weighted by Gasteiger charge is 2.29. The predicted molar refractivity (Wildman–Crippen MR) is 146 cm³/mol. The Kier molecular flexibility index (Phi) is 6.76. The summed E-state index contributed by atoms with van der Waals surface area (Å²) in [6.45, 7) is 4.65. The van der Waals surface area contributed by atoms with Crippen molar-refractivity contribution in [3.63, 3.8) is 0 Å². The molecule has 0 N–H and O–H groups in total. The molecule has 1 aromatic heterocycles. The third-order valence-electron chi connectivity index (χ3n) is 6.47. The van der Waals surface area contributed by atoms with Gasteiger partial charge < -0.3 is 4.90 Å². The van der Waals surface area contributed by atoms with Crippen LogP contribution in [-0.4, -0.2) is 21.9 Å². The van der Waals surface area contributed by atoms with Crippen LogP contribution in [0.25, 0.3) is 5.69 Å². The molecule has 5 rings (SSSR count). The number of ketones is 1. The zero-order valence-electron chi connectivity index (χ0n) is 20.6. The fourth-order valence-electron chi connectivity index (χ4n) is 4.46. The van der Waals surface area contributed by atoms with E-state index in [0.717, 1.165) is 22.6 Å². The molecule has 0 unspecified atom stereocenters. The van der Waals surface area contributed by atoms with Crippen LogP contribution >= 0.6 is 0 Å². The molecule has 0 bridgehead atoms. The number of aryl methyl sites for hydroxylation is 2. The smallest absolute Gasteiger partial charge is 0.207 e. The number of nitrogens with zero attached hydrogens (tertiary/aromatic N) is 3. The Balaban J connectivity index is 1.58. The normalized spacial score (nSPS) is 11.7. The van der Waals surface area contributed by atoms with Crippen molar-refractivity contribution < 1.29 is 4.79 Å². The number of rotatable bonds is 8. The SMILES string of the molecule is Cc1ccc(N(C[C@H](C(=O)c2nccn2-c2ccccc2)c2ccccc2)c2ccc(C)cc2)cc1. The second kappa shape index (κ2) is 10.4. The molecule has 0 radical (unpaired) electrons. The van der Waals surface area contributed by atoms with Crippen molar-refractivity contribution in [2.45, 2.75) is 19.8 Å². The highest BCUT2D eigenvalue weighted by molar-refractivity contribution is 5.99. The first kappa shape index (κ1) is 23.3. The maximum Gasteiger partial charge on any atom is 0.207 e. The lowest BCUT2D eigenvalue weighted by Gasteiger charge is -2.29. The molecule has 0 aliphatic carbocycles. The van der Waals surface area contributed by atoms with Gasteiger partial charge in [0.1, 0.15) is 0 Å². The standard InChI is InChI=1S/C32H29N3O/c1-24-13-17-28(18-14-24)35(29-19-15-25(2)16-20-29)23-30(26-9-5-3-6-10-26)31(36)32-33-21-22-34(32)27-11-7-4-8-12-27/h3-22,30H,23H2,1-2H3/t30-/m0/s1. The van der Waals surface area contributed by atoms with E-state index in [4.69, 9.17) is 0 Å². The van der Waals surface area contributed by atoms with Gasteiger partial charge in [-0.1, -0.05) is 83.9 Å². The van der Waals surface area contributed by atoms with Gasteiger partial charge in [-0.05, 0) is 55.8 Å². The molecule has 178 valence electrons. The van der Waals surface area contributed by atoms with Gasteiger partial charge in [-0.25, -0.2) is 4.98 Å². The van der Waals surface area contributed by atoms with Gasteiger partial charge >= 0.3 is 0 Å². The molecular weight excluding hydrogens is 442 g/mol. The summed E-state index contributed by atoms with van der Waals surface area (Å²) in [6, 6.07) is 36.8. The third-order valence-corrected chi connectivity index (χ3v) is 6.47. The number of hydrogen-bond donors (Lipinski definition) is 0. The molecule has 1 atom stereocenters. The molecule has 36 heavy (non-hydrogen) atoms. The molecule has 0 aliphatic rings. The number of carbonyl (C=O) groups is 1. The molecule has 5 aromatic rings. The van der Waals surface area contributed by atoms with Crippen LogP contribution in [-0.2, 0) is 0 Å². The number of para-hydroxylation sites is 1. The largest absolute Gasteiger partial charge is 0.340 e. The van der Waals surface area contributed by atoms with E-state index in [-0.39, 0.29) is 5.78 Å². The van der Waals surface area contributed by atoms with E-state index in [1.54, 1.807) is 6.20 Å². The number of anilines is 2. The fraction of sp³-hybridized carbons (Fsp3) is 0.125. The van der Waals surface area contributed by atoms with Gasteiger partial charge in [0, 0.05) is 36.0 Å². The van der Waals surface area contributed by atoms with Gasteiger partial charge in [0.25, 0.3) is 0 Å². The highest BCUT2D eigenvalue weighted by atomic mass is 16.1. The van der Waals surface area contributed by atoms with E-state index in [1.165, 1.54) is 11.1 Å². The van der Waals surface area contributed by atoms with Crippen LogP contribution in [0.15, 0.2) is 122 Å². The van der Waals surface area contributed by atoms with Gasteiger partial charge in [0.2, 0.25) is 5.78 Å². The van der Waals surface area contributed by atoms with Crippen LogP contribution in [0.4, 0.5) is 11.4 Å². The van der Waals surface area contributed by atoms with Crippen molar-refractivity contribution >= 4 is 17.2 Å². The average Bonchev–Trinajstić information content (AvgIpc) is 3.42. The summed E-state index contributed by atoms with van der Waals surface area (Å²) < 4.78 is 1.88. The molecule has 0 spiro atoms. The number of carbonyl (C=O) groups excluding carboxylic acids is 1. The van der Waals surface area contributed by atoms with E-state index in [0.29, 0.717) is 12.4 Å². The summed E-state index contributed by atoms with van der Waals surface area (Å²) in [5.41, 5.74) is 6.37. The Morgan fingerprint density at radius 3 is 1.83 bits per heavy atom. The van der Waals surface area contributed by atoms with Crippen LogP contribution in [0.3, 0.4) is 0 Å². The van der Waals surface area contributed by atoms with Crippen molar-refractivity contribution in [3.05, 3.63) is 144 Å². The Bertz CT molecular complexity index is 1380. The van der Waals surface area contributed by atoms with Crippen molar-refractivity contribution in [3.8, 4) is 5.69 Å². The van der Waals surface area contributed by atoms with Gasteiger partial charge in [-0.3, -0.25) is 9.36 Å². The summed E-state index contributed by atoms with van der Waals surface area (Å²) >= 11 is 0. The highest BCUT2D eigenvalue weighted by Crippen LogP contribution is 2.31. The topological polar surface area (TPSA) is 38.1 Å². The second-order valence-electron chi connectivity index (χ2n) is 9.07. The van der Waals surface area contributed by atoms with Gasteiger partial charge in [-0.2, -0.15) is 0 Å². The number of Topliss-reactive ketones (excluding diaryl/α,β-unsaturated/α-hetero) is 1. The molecular formula is C32H29N3O. The van der Waals surface area contributed by atoms with Crippen molar-refractivity contribution in [2.75, 3.05) is 11.4 Å². The van der Waals surface area contributed by atoms with Crippen LogP contribution in [0.5, 0.6) is 0 Å². The van der Waals surface area contributed by atoms with Crippen LogP contribution in [0.1, 0.15) is 33.2 Å². The number of aromatic nitrogens is 2. The lowest BCUT2D eigenvalue weighted by atomic mass is 9.92. The monoisotopic (exact) mass is 471 g/mol. The molecule has 0 amide bonds. The summed E-state index contributed by atoms with van der Waals surface area (Å²) in [5.74, 6) is 0.000704. The first-order chi connectivity index (χ1) is 17.6. The average molecular weight is 472 g/mol. The van der Waals surface area contributed by atoms with Crippen molar-refractivity contribution in [1.29, 1.82) is 0 Å². The fourth-order valence-corrected chi connectivity index (χ4v) is 4.46. The third kappa shape index (κ3) is 4.98. The maximum absolute atomic E-state index is 14.2. The van der Waals surface area contributed by atoms with E-state index in [1.807, 2.05) is 71.4 Å². The number of hydrogen-bond acceptors (Lipinski definition) is 3. The zero-order chi connectivity index (χ0) is 24.9. The van der Waals surface area contributed by atoms with E-state index in [2.05, 4.69) is 72.3 Å². The summed E-state index contributed by atoms with van der Waals surface area (Å²) in [5, 5.41) is 0. The zero-order valence-corrected chi connectivity index (χ0v) is 20.6. The Morgan fingerprint density at radius 1 is 0.750 bits per heavy atom. The summed E-state index contributed by atoms with van der Waals surface area (Å²) in [6.07, 6.45) is 3.54. The number of benzene rings is 4. The Labute approximate surface area is 212 Å². The molecule has 0 aliphatic heterocycles. The summed E-state index contributed by atoms with van der Waals surface area (Å²) in [7, 11) is 0. The Morgan fingerprint density at radius 2 is 1.28 bits per heavy atom. The maximum atomic E-state index is 14.2. The molecule has 4 aromatic carbocycles. The summed E-state index contributed by atoms with van der Waals surface area (Å²) in [4.78, 5) is 20.9. The molecule has 1 heterocycles. The minimum absolute atomic E-state index is 0.0146. The Hall–Kier alpha value is -4.44. The van der Waals surface area contributed by atoms with Crippen LogP contribution in [0.2, 0.25) is 0 Å². The van der Waals surface area contributed by atoms with E-state index in [9.17, 15) is 4.79 Å². The lowest BCUT2D eigenvalue weighted by Crippen LogP contribution is -2.30. The predicted octanol–water partition coefficient (Wildman–Crippen LogP) is 7.29. The molecule has 0 fully saturated rings. The molecule has 0 saturated heterocycles. The molecule has 0 saturated carbocycles. The van der Waals surface area contributed by atoms with Crippen LogP contribution < -0.4 is 4.90 Å². The number of imidazole rings is 1. The minimum atomic E-state index is -0.418. The first-order valence-corrected chi connectivity index (χ1v) is 12.2. The molecule has 4 heteroatoms. The van der Waals surface area contributed by atoms with E-state index >= 15 is 0 Å². The second-order valence-corrected chi connectivity index (χ2v) is 9.07. The quantitative estimate of drug-likeness (QED) is 0.223. The first-order valence-electron chi connectivity index (χ1n) is 12.2. The minimum Gasteiger partial charge on any atom is -0.340 e. The van der Waals surface area contributed by atoms with E-state index < -0.39 is 5.92 Å². The van der Waals surface area contributed by atoms with Crippen molar-refractivity contribution in [1.82, 2.24) is 9.55 Å². The van der Waals surface area contributed by atoms with Crippen LogP contribution in [0, 0.1) is 13.8 Å². The van der Waals surface area contributed by atoms with Gasteiger partial charge in [-0.15, -0.1) is 0 Å². The van der Waals surface area contributed by atoms with Gasteiger partial charge in [0.05, 0.1) is 5.92 Å². The van der Waals surface area contributed by atoms with Crippen molar-refractivity contribution in [2.24, 2.45) is 0 Å². The molecule has 4 nitrogen and oxygen atoms in total.